The molecule has 0 saturated heterocycles. The van der Waals surface area contributed by atoms with Gasteiger partial charge in [-0.05, 0) is 18.2 Å². The second-order valence-electron chi connectivity index (χ2n) is 3.23. The van der Waals surface area contributed by atoms with Gasteiger partial charge in [0.05, 0.1) is 6.54 Å². The van der Waals surface area contributed by atoms with Crippen molar-refractivity contribution in [1.82, 2.24) is 10.4 Å². The van der Waals surface area contributed by atoms with Gasteiger partial charge >= 0.3 is 0 Å². The molecule has 1 aliphatic rings. The molecule has 0 fully saturated rings. The van der Waals surface area contributed by atoms with Crippen LogP contribution in [-0.4, -0.2) is 17.5 Å². The number of rotatable bonds is 2. The van der Waals surface area contributed by atoms with E-state index >= 15 is 0 Å². The molecular formula is C12H12N2O. The summed E-state index contributed by atoms with van der Waals surface area (Å²) in [6.45, 7) is 0.703. The van der Waals surface area contributed by atoms with Crippen LogP contribution in [0.15, 0.2) is 54.8 Å². The van der Waals surface area contributed by atoms with Crippen LogP contribution in [0.1, 0.15) is 10.4 Å². The van der Waals surface area contributed by atoms with E-state index in [1.807, 2.05) is 42.6 Å². The van der Waals surface area contributed by atoms with Crippen molar-refractivity contribution >= 4 is 5.91 Å². The first-order valence-corrected chi connectivity index (χ1v) is 4.82. The van der Waals surface area contributed by atoms with Crippen molar-refractivity contribution in [1.29, 1.82) is 0 Å². The Morgan fingerprint density at radius 1 is 1.20 bits per heavy atom. The zero-order valence-electron chi connectivity index (χ0n) is 8.26. The Kier molecular flexibility index (Phi) is 2.83. The van der Waals surface area contributed by atoms with Crippen molar-refractivity contribution in [3.8, 4) is 0 Å². The number of allylic oxidation sites excluding steroid dienone is 2. The van der Waals surface area contributed by atoms with Crippen LogP contribution < -0.4 is 5.43 Å². The van der Waals surface area contributed by atoms with Gasteiger partial charge in [-0.2, -0.15) is 0 Å². The largest absolute Gasteiger partial charge is 0.289 e. The average molecular weight is 200 g/mol. The molecule has 1 aromatic carbocycles. The highest BCUT2D eigenvalue weighted by atomic mass is 16.2. The van der Waals surface area contributed by atoms with Crippen LogP contribution in [0.2, 0.25) is 0 Å². The Bertz CT molecular complexity index is 395. The third-order valence-electron chi connectivity index (χ3n) is 2.10. The molecule has 0 atom stereocenters. The third kappa shape index (κ3) is 2.47. The summed E-state index contributed by atoms with van der Waals surface area (Å²) in [4.78, 5) is 11.7. The molecular weight excluding hydrogens is 188 g/mol. The number of hydrazine groups is 1. The summed E-state index contributed by atoms with van der Waals surface area (Å²) in [6.07, 6.45) is 7.64. The maximum atomic E-state index is 11.7. The molecule has 0 spiro atoms. The van der Waals surface area contributed by atoms with Gasteiger partial charge in [-0.1, -0.05) is 30.4 Å². The van der Waals surface area contributed by atoms with Crippen LogP contribution in [0.4, 0.5) is 0 Å². The molecule has 1 heterocycles. The molecule has 0 unspecified atom stereocenters. The molecule has 1 aliphatic heterocycles. The van der Waals surface area contributed by atoms with Crippen molar-refractivity contribution in [3.63, 3.8) is 0 Å². The van der Waals surface area contributed by atoms with Crippen molar-refractivity contribution in [2.75, 3.05) is 6.54 Å². The van der Waals surface area contributed by atoms with Crippen LogP contribution in [0.3, 0.4) is 0 Å². The minimum absolute atomic E-state index is 0.0875. The minimum Gasteiger partial charge on any atom is -0.289 e. The number of nitrogens with one attached hydrogen (secondary N) is 1. The van der Waals surface area contributed by atoms with Crippen molar-refractivity contribution in [2.24, 2.45) is 0 Å². The standard InChI is InChI=1S/C12H12N2O/c15-12(11-7-3-1-4-8-11)13-14-9-5-2-6-10-14/h1-9H,10H2,(H,13,15). The number of carbonyl (C=O) groups is 1. The average Bonchev–Trinajstić information content (AvgIpc) is 2.31. The van der Waals surface area contributed by atoms with Gasteiger partial charge in [0.15, 0.2) is 0 Å². The van der Waals surface area contributed by atoms with E-state index < -0.39 is 0 Å². The van der Waals surface area contributed by atoms with Crippen LogP contribution in [0.25, 0.3) is 0 Å². The normalized spacial score (nSPS) is 14.0. The number of benzene rings is 1. The number of hydrogen-bond donors (Lipinski definition) is 1. The molecule has 3 heteroatoms. The summed E-state index contributed by atoms with van der Waals surface area (Å²) in [5.74, 6) is -0.0875. The summed E-state index contributed by atoms with van der Waals surface area (Å²) in [5.41, 5.74) is 3.46. The predicted molar refractivity (Wildman–Crippen MR) is 58.9 cm³/mol. The van der Waals surface area contributed by atoms with E-state index in [-0.39, 0.29) is 5.91 Å². The number of amides is 1. The fourth-order valence-corrected chi connectivity index (χ4v) is 1.33. The van der Waals surface area contributed by atoms with E-state index in [0.717, 1.165) is 0 Å². The SMILES string of the molecule is O=C(NN1C=CC=CC1)c1ccccc1. The van der Waals surface area contributed by atoms with Crippen LogP contribution in [-0.2, 0) is 0 Å². The first-order valence-electron chi connectivity index (χ1n) is 4.82. The number of hydrogen-bond acceptors (Lipinski definition) is 2. The van der Waals surface area contributed by atoms with Gasteiger partial charge in [0.1, 0.15) is 0 Å². The molecule has 0 saturated carbocycles. The van der Waals surface area contributed by atoms with E-state index in [0.29, 0.717) is 12.1 Å². The molecule has 15 heavy (non-hydrogen) atoms. The lowest BCUT2D eigenvalue weighted by Crippen LogP contribution is -2.39. The Morgan fingerprint density at radius 2 is 2.00 bits per heavy atom. The van der Waals surface area contributed by atoms with E-state index in [4.69, 9.17) is 0 Å². The Balaban J connectivity index is 1.98. The molecule has 76 valence electrons. The molecule has 2 rings (SSSR count). The zero-order chi connectivity index (χ0) is 10.5. The number of nitrogens with zero attached hydrogens (tertiary/aromatic N) is 1. The van der Waals surface area contributed by atoms with Gasteiger partial charge in [-0.15, -0.1) is 0 Å². The predicted octanol–water partition coefficient (Wildman–Crippen LogP) is 1.72. The van der Waals surface area contributed by atoms with Crippen LogP contribution in [0, 0.1) is 0 Å². The molecule has 0 aliphatic carbocycles. The summed E-state index contributed by atoms with van der Waals surface area (Å²) in [7, 11) is 0. The van der Waals surface area contributed by atoms with Gasteiger partial charge in [-0.3, -0.25) is 15.2 Å². The van der Waals surface area contributed by atoms with Crippen LogP contribution >= 0.6 is 0 Å². The fourth-order valence-electron chi connectivity index (χ4n) is 1.33. The van der Waals surface area contributed by atoms with Gasteiger partial charge in [-0.25, -0.2) is 0 Å². The Morgan fingerprint density at radius 3 is 2.67 bits per heavy atom. The Labute approximate surface area is 88.7 Å². The first kappa shape index (κ1) is 9.52. The number of carbonyl (C=O) groups excluding carboxylic acids is 1. The van der Waals surface area contributed by atoms with Gasteiger partial charge < -0.3 is 0 Å². The zero-order valence-corrected chi connectivity index (χ0v) is 8.26. The second kappa shape index (κ2) is 4.46. The lowest BCUT2D eigenvalue weighted by Gasteiger charge is -2.21. The van der Waals surface area contributed by atoms with E-state index in [2.05, 4.69) is 5.43 Å². The minimum atomic E-state index is -0.0875. The van der Waals surface area contributed by atoms with Crippen molar-refractivity contribution in [2.45, 2.75) is 0 Å². The first-order chi connectivity index (χ1) is 7.36. The van der Waals surface area contributed by atoms with Gasteiger partial charge in [0, 0.05) is 11.8 Å². The third-order valence-corrected chi connectivity index (χ3v) is 2.10. The van der Waals surface area contributed by atoms with Crippen molar-refractivity contribution in [3.05, 3.63) is 60.3 Å². The molecule has 1 amide bonds. The fraction of sp³-hybridized carbons (Fsp3) is 0.0833. The molecule has 3 nitrogen and oxygen atoms in total. The summed E-state index contributed by atoms with van der Waals surface area (Å²) < 4.78 is 0. The monoisotopic (exact) mass is 200 g/mol. The molecule has 1 N–H and O–H groups in total. The highest BCUT2D eigenvalue weighted by molar-refractivity contribution is 5.93. The molecule has 1 aromatic rings. The smallest absolute Gasteiger partial charge is 0.269 e. The topological polar surface area (TPSA) is 32.3 Å². The molecule has 0 bridgehead atoms. The quantitative estimate of drug-likeness (QED) is 0.788. The molecule has 0 radical (unpaired) electrons. The Hall–Kier alpha value is -2.03. The van der Waals surface area contributed by atoms with Crippen molar-refractivity contribution < 1.29 is 4.79 Å². The van der Waals surface area contributed by atoms with E-state index in [1.165, 1.54) is 0 Å². The summed E-state index contributed by atoms with van der Waals surface area (Å²) in [5, 5.41) is 1.75. The summed E-state index contributed by atoms with van der Waals surface area (Å²) in [6, 6.07) is 9.17. The maximum absolute atomic E-state index is 11.7. The maximum Gasteiger partial charge on any atom is 0.269 e. The summed E-state index contributed by atoms with van der Waals surface area (Å²) >= 11 is 0. The lowest BCUT2D eigenvalue weighted by atomic mass is 10.2. The highest BCUT2D eigenvalue weighted by Crippen LogP contribution is 2.00. The van der Waals surface area contributed by atoms with Gasteiger partial charge in [0.2, 0.25) is 0 Å². The van der Waals surface area contributed by atoms with E-state index in [1.54, 1.807) is 17.1 Å². The van der Waals surface area contributed by atoms with E-state index in [9.17, 15) is 4.79 Å². The van der Waals surface area contributed by atoms with Crippen LogP contribution in [0.5, 0.6) is 0 Å². The second-order valence-corrected chi connectivity index (χ2v) is 3.23. The molecule has 0 aromatic heterocycles. The van der Waals surface area contributed by atoms with Gasteiger partial charge in [0.25, 0.3) is 5.91 Å². The lowest BCUT2D eigenvalue weighted by molar-refractivity contribution is 0.0861. The highest BCUT2D eigenvalue weighted by Gasteiger charge is 2.07.